The topological polar surface area (TPSA) is 91.5 Å². The van der Waals surface area contributed by atoms with Crippen LogP contribution in [0.25, 0.3) is 16.9 Å². The van der Waals surface area contributed by atoms with Gasteiger partial charge in [0, 0.05) is 16.8 Å². The predicted octanol–water partition coefficient (Wildman–Crippen LogP) is 3.57. The Morgan fingerprint density at radius 3 is 2.34 bits per heavy atom. The van der Waals surface area contributed by atoms with Crippen LogP contribution in [0.15, 0.2) is 87.5 Å². The van der Waals surface area contributed by atoms with E-state index in [1.54, 1.807) is 48.5 Å². The summed E-state index contributed by atoms with van der Waals surface area (Å²) in [5.74, 6) is 0.409. The highest BCUT2D eigenvalue weighted by Gasteiger charge is 2.16. The number of aromatic amines is 1. The van der Waals surface area contributed by atoms with Gasteiger partial charge < -0.3 is 0 Å². The van der Waals surface area contributed by atoms with Crippen molar-refractivity contribution < 1.29 is 4.21 Å². The predicted molar refractivity (Wildman–Crippen MR) is 110 cm³/mol. The van der Waals surface area contributed by atoms with Gasteiger partial charge in [-0.25, -0.2) is 13.9 Å². The van der Waals surface area contributed by atoms with Crippen LogP contribution in [0.2, 0.25) is 0 Å². The van der Waals surface area contributed by atoms with E-state index in [1.165, 1.54) is 10.9 Å². The van der Waals surface area contributed by atoms with Gasteiger partial charge >= 0.3 is 0 Å². The number of hydrogen-bond donors (Lipinski definition) is 1. The molecule has 0 saturated heterocycles. The first-order valence-corrected chi connectivity index (χ1v) is 9.99. The van der Waals surface area contributed by atoms with Crippen molar-refractivity contribution in [1.29, 1.82) is 5.26 Å². The molecule has 0 amide bonds. The molecule has 0 aliphatic heterocycles. The second-order valence-electron chi connectivity index (χ2n) is 6.38. The Balaban J connectivity index is 1.68. The van der Waals surface area contributed by atoms with Crippen molar-refractivity contribution in [3.8, 4) is 23.0 Å². The van der Waals surface area contributed by atoms with Crippen molar-refractivity contribution >= 4 is 10.8 Å². The highest BCUT2D eigenvalue weighted by molar-refractivity contribution is 7.85. The second-order valence-corrected chi connectivity index (χ2v) is 7.86. The third kappa shape index (κ3) is 3.53. The number of H-pyrrole nitrogens is 1. The summed E-state index contributed by atoms with van der Waals surface area (Å²) in [6.07, 6.45) is 1.52. The average Bonchev–Trinajstić information content (AvgIpc) is 3.08. The molecule has 7 heteroatoms. The molecule has 1 atom stereocenters. The molecule has 4 aromatic rings. The quantitative estimate of drug-likeness (QED) is 0.567. The third-order valence-corrected chi connectivity index (χ3v) is 5.87. The molecular weight excluding hydrogens is 384 g/mol. The van der Waals surface area contributed by atoms with E-state index in [0.717, 1.165) is 5.56 Å². The van der Waals surface area contributed by atoms with Crippen LogP contribution in [0.4, 0.5) is 0 Å². The van der Waals surface area contributed by atoms with Crippen molar-refractivity contribution in [3.05, 3.63) is 94.5 Å². The van der Waals surface area contributed by atoms with Crippen LogP contribution in [0.3, 0.4) is 0 Å². The van der Waals surface area contributed by atoms with Crippen LogP contribution < -0.4 is 5.56 Å². The Kier molecular flexibility index (Phi) is 4.94. The van der Waals surface area contributed by atoms with Gasteiger partial charge in [0.15, 0.2) is 5.82 Å². The molecule has 6 nitrogen and oxygen atoms in total. The molecule has 29 heavy (non-hydrogen) atoms. The van der Waals surface area contributed by atoms with E-state index in [4.69, 9.17) is 5.26 Å². The molecule has 4 rings (SSSR count). The maximum atomic E-state index is 13.0. The standard InChI is InChI=1S/C22H16N4O2S/c1-15-21(17-9-7-16(13-23)8-10-17)22(27)26(25-15)20-12-11-19(14-24-20)29(28)18-5-3-2-4-6-18/h2-12,14,25H,1H3. The van der Waals surface area contributed by atoms with Crippen molar-refractivity contribution in [1.82, 2.24) is 14.8 Å². The molecule has 1 unspecified atom stereocenters. The summed E-state index contributed by atoms with van der Waals surface area (Å²) in [4.78, 5) is 18.5. The van der Waals surface area contributed by atoms with Crippen molar-refractivity contribution in [2.24, 2.45) is 0 Å². The SMILES string of the molecule is Cc1[nH]n(-c2ccc(S(=O)c3ccccc3)cn2)c(=O)c1-c1ccc(C#N)cc1. The van der Waals surface area contributed by atoms with Gasteiger partial charge in [-0.05, 0) is 48.9 Å². The largest absolute Gasteiger partial charge is 0.293 e. The van der Waals surface area contributed by atoms with E-state index in [2.05, 4.69) is 16.2 Å². The summed E-state index contributed by atoms with van der Waals surface area (Å²) in [7, 11) is -1.34. The van der Waals surface area contributed by atoms with Crippen molar-refractivity contribution in [2.45, 2.75) is 16.7 Å². The lowest BCUT2D eigenvalue weighted by molar-refractivity contribution is 0.682. The molecular formula is C22H16N4O2S. The van der Waals surface area contributed by atoms with E-state index in [9.17, 15) is 9.00 Å². The molecule has 0 saturated carbocycles. The number of nitrogens with one attached hydrogen (secondary N) is 1. The highest BCUT2D eigenvalue weighted by atomic mass is 32.2. The molecule has 2 heterocycles. The number of aromatic nitrogens is 3. The van der Waals surface area contributed by atoms with Gasteiger partial charge in [-0.1, -0.05) is 30.3 Å². The monoisotopic (exact) mass is 400 g/mol. The number of nitriles is 1. The zero-order chi connectivity index (χ0) is 20.4. The summed E-state index contributed by atoms with van der Waals surface area (Å²) >= 11 is 0. The fourth-order valence-electron chi connectivity index (χ4n) is 3.05. The summed E-state index contributed by atoms with van der Waals surface area (Å²) < 4.78 is 14.0. The lowest BCUT2D eigenvalue weighted by Gasteiger charge is -2.04. The van der Waals surface area contributed by atoms with Crippen LogP contribution in [0.5, 0.6) is 0 Å². The van der Waals surface area contributed by atoms with Crippen LogP contribution in [-0.4, -0.2) is 19.0 Å². The molecule has 0 aliphatic rings. The van der Waals surface area contributed by atoms with Crippen LogP contribution >= 0.6 is 0 Å². The van der Waals surface area contributed by atoms with Gasteiger partial charge in [-0.2, -0.15) is 5.26 Å². The second kappa shape index (κ2) is 7.70. The maximum absolute atomic E-state index is 13.0. The molecule has 142 valence electrons. The Morgan fingerprint density at radius 1 is 1.00 bits per heavy atom. The van der Waals surface area contributed by atoms with Crippen molar-refractivity contribution in [2.75, 3.05) is 0 Å². The van der Waals surface area contributed by atoms with E-state index in [0.29, 0.717) is 32.4 Å². The normalized spacial score (nSPS) is 11.7. The van der Waals surface area contributed by atoms with E-state index in [1.807, 2.05) is 25.1 Å². The smallest absolute Gasteiger partial charge is 0.280 e. The lowest BCUT2D eigenvalue weighted by Crippen LogP contribution is -2.17. The zero-order valence-corrected chi connectivity index (χ0v) is 16.3. The fraction of sp³-hybridized carbons (Fsp3) is 0.0455. The summed E-state index contributed by atoms with van der Waals surface area (Å²) in [6, 6.07) is 21.4. The van der Waals surface area contributed by atoms with Crippen LogP contribution in [0.1, 0.15) is 11.3 Å². The molecule has 0 spiro atoms. The number of benzene rings is 2. The number of hydrogen-bond acceptors (Lipinski definition) is 4. The van der Waals surface area contributed by atoms with Crippen LogP contribution in [-0.2, 0) is 10.8 Å². The first-order valence-electron chi connectivity index (χ1n) is 8.84. The number of aryl methyl sites for hydroxylation is 1. The van der Waals surface area contributed by atoms with E-state index in [-0.39, 0.29) is 5.56 Å². The average molecular weight is 400 g/mol. The Hall–Kier alpha value is -3.76. The zero-order valence-electron chi connectivity index (χ0n) is 15.5. The lowest BCUT2D eigenvalue weighted by atomic mass is 10.1. The Morgan fingerprint density at radius 2 is 1.72 bits per heavy atom. The Labute approximate surface area is 169 Å². The fourth-order valence-corrected chi connectivity index (χ4v) is 4.07. The van der Waals surface area contributed by atoms with Gasteiger partial charge in [0.25, 0.3) is 5.56 Å². The molecule has 1 N–H and O–H groups in total. The van der Waals surface area contributed by atoms with Gasteiger partial charge in [-0.15, -0.1) is 0 Å². The minimum absolute atomic E-state index is 0.239. The molecule has 0 aliphatic carbocycles. The molecule has 0 radical (unpaired) electrons. The minimum atomic E-state index is -1.34. The summed E-state index contributed by atoms with van der Waals surface area (Å²) in [5.41, 5.74) is 2.23. The first kappa shape index (κ1) is 18.6. The van der Waals surface area contributed by atoms with Gasteiger partial charge in [0.1, 0.15) is 0 Å². The third-order valence-electron chi connectivity index (χ3n) is 4.50. The molecule has 2 aromatic heterocycles. The molecule has 0 fully saturated rings. The van der Waals surface area contributed by atoms with Gasteiger partial charge in [0.2, 0.25) is 0 Å². The maximum Gasteiger partial charge on any atom is 0.280 e. The van der Waals surface area contributed by atoms with E-state index < -0.39 is 10.8 Å². The van der Waals surface area contributed by atoms with Gasteiger partial charge in [0.05, 0.1) is 32.9 Å². The number of rotatable bonds is 4. The van der Waals surface area contributed by atoms with E-state index >= 15 is 0 Å². The minimum Gasteiger partial charge on any atom is -0.293 e. The summed E-state index contributed by atoms with van der Waals surface area (Å²) in [6.45, 7) is 1.81. The van der Waals surface area contributed by atoms with Crippen molar-refractivity contribution in [3.63, 3.8) is 0 Å². The number of pyridine rings is 1. The molecule has 2 aromatic carbocycles. The summed E-state index contributed by atoms with van der Waals surface area (Å²) in [5, 5.41) is 12.0. The van der Waals surface area contributed by atoms with Crippen LogP contribution in [0, 0.1) is 18.3 Å². The highest BCUT2D eigenvalue weighted by Crippen LogP contribution is 2.21. The Bertz CT molecular complexity index is 1280. The first-order chi connectivity index (χ1) is 14.1. The molecule has 0 bridgehead atoms. The van der Waals surface area contributed by atoms with Gasteiger partial charge in [-0.3, -0.25) is 9.89 Å². The number of nitrogens with zero attached hydrogens (tertiary/aromatic N) is 3.